The van der Waals surface area contributed by atoms with Gasteiger partial charge in [0, 0.05) is 17.2 Å². The van der Waals surface area contributed by atoms with Crippen LogP contribution in [0, 0.1) is 6.92 Å². The van der Waals surface area contributed by atoms with Gasteiger partial charge in [-0.3, -0.25) is 4.79 Å². The summed E-state index contributed by atoms with van der Waals surface area (Å²) < 4.78 is 2.55. The highest BCUT2D eigenvalue weighted by Crippen LogP contribution is 2.20. The summed E-state index contributed by atoms with van der Waals surface area (Å²) in [5.41, 5.74) is 1.85. The van der Waals surface area contributed by atoms with E-state index >= 15 is 0 Å². The zero-order valence-corrected chi connectivity index (χ0v) is 12.8. The number of halogens is 1. The molecule has 0 aliphatic carbocycles. The first-order valence-electron chi connectivity index (χ1n) is 5.47. The first kappa shape index (κ1) is 14.0. The first-order chi connectivity index (χ1) is 9.06. The molecule has 0 atom stereocenters. The molecule has 0 saturated carbocycles. The molecular weight excluding hydrogens is 330 g/mol. The molecule has 1 aromatic carbocycles. The third kappa shape index (κ3) is 3.77. The number of nitrogens with one attached hydrogen (secondary N) is 1. The van der Waals surface area contributed by atoms with Crippen molar-refractivity contribution in [1.82, 2.24) is 20.2 Å². The van der Waals surface area contributed by atoms with E-state index in [1.807, 2.05) is 25.1 Å². The zero-order chi connectivity index (χ0) is 13.8. The Bertz CT molecular complexity index is 601. The van der Waals surface area contributed by atoms with Crippen LogP contribution in [-0.2, 0) is 11.8 Å². The number of benzene rings is 1. The van der Waals surface area contributed by atoms with E-state index in [0.717, 1.165) is 15.7 Å². The van der Waals surface area contributed by atoms with Crippen LogP contribution in [0.15, 0.2) is 27.8 Å². The summed E-state index contributed by atoms with van der Waals surface area (Å²) in [6, 6.07) is 5.67. The summed E-state index contributed by atoms with van der Waals surface area (Å²) >= 11 is 4.71. The molecule has 0 saturated heterocycles. The predicted molar refractivity (Wildman–Crippen MR) is 77.0 cm³/mol. The lowest BCUT2D eigenvalue weighted by Crippen LogP contribution is -2.14. The molecular formula is C11H12BrN5OS. The Hall–Kier alpha value is -1.41. The highest BCUT2D eigenvalue weighted by molar-refractivity contribution is 9.10. The number of hydrogen-bond acceptors (Lipinski definition) is 5. The number of aromatic nitrogens is 4. The first-order valence-corrected chi connectivity index (χ1v) is 7.25. The highest BCUT2D eigenvalue weighted by atomic mass is 79.9. The summed E-state index contributed by atoms with van der Waals surface area (Å²) in [4.78, 5) is 11.8. The van der Waals surface area contributed by atoms with Crippen LogP contribution in [0.5, 0.6) is 0 Å². The van der Waals surface area contributed by atoms with Crippen molar-refractivity contribution in [1.29, 1.82) is 0 Å². The molecule has 0 bridgehead atoms. The molecule has 1 heterocycles. The van der Waals surface area contributed by atoms with Gasteiger partial charge >= 0.3 is 0 Å². The number of hydrogen-bond donors (Lipinski definition) is 1. The van der Waals surface area contributed by atoms with Gasteiger partial charge in [0.25, 0.3) is 0 Å². The number of amides is 1. The Balaban J connectivity index is 1.91. The van der Waals surface area contributed by atoms with E-state index in [4.69, 9.17) is 0 Å². The van der Waals surface area contributed by atoms with Gasteiger partial charge < -0.3 is 5.32 Å². The maximum atomic E-state index is 11.8. The summed E-state index contributed by atoms with van der Waals surface area (Å²) in [7, 11) is 1.73. The van der Waals surface area contributed by atoms with Crippen molar-refractivity contribution in [3.05, 3.63) is 28.2 Å². The zero-order valence-electron chi connectivity index (χ0n) is 10.4. The minimum atomic E-state index is -0.0882. The van der Waals surface area contributed by atoms with Gasteiger partial charge in [-0.2, -0.15) is 0 Å². The Morgan fingerprint density at radius 3 is 2.95 bits per heavy atom. The Morgan fingerprint density at radius 1 is 1.53 bits per heavy atom. The fraction of sp³-hybridized carbons (Fsp3) is 0.273. The van der Waals surface area contributed by atoms with Gasteiger partial charge in [0.2, 0.25) is 11.1 Å². The maximum Gasteiger partial charge on any atom is 0.234 e. The molecule has 19 heavy (non-hydrogen) atoms. The molecule has 8 heteroatoms. The number of nitrogens with zero attached hydrogens (tertiary/aromatic N) is 4. The lowest BCUT2D eigenvalue weighted by Gasteiger charge is -2.06. The van der Waals surface area contributed by atoms with Crippen LogP contribution >= 0.6 is 27.7 Å². The maximum absolute atomic E-state index is 11.8. The summed E-state index contributed by atoms with van der Waals surface area (Å²) in [5.74, 6) is 0.179. The second-order valence-corrected chi connectivity index (χ2v) is 5.68. The number of anilines is 1. The molecule has 2 aromatic rings. The molecule has 2 rings (SSSR count). The van der Waals surface area contributed by atoms with Gasteiger partial charge in [0.15, 0.2) is 0 Å². The van der Waals surface area contributed by atoms with E-state index in [1.165, 1.54) is 16.4 Å². The van der Waals surface area contributed by atoms with Gasteiger partial charge in [-0.25, -0.2) is 4.68 Å². The lowest BCUT2D eigenvalue weighted by molar-refractivity contribution is -0.113. The van der Waals surface area contributed by atoms with E-state index in [-0.39, 0.29) is 11.7 Å². The molecule has 0 spiro atoms. The lowest BCUT2D eigenvalue weighted by atomic mass is 10.2. The van der Waals surface area contributed by atoms with Gasteiger partial charge in [-0.1, -0.05) is 27.7 Å². The second kappa shape index (κ2) is 6.16. The standard InChI is InChI=1S/C11H12BrN5OS/c1-7-5-8(3-4-9(7)12)13-10(18)6-19-11-14-15-16-17(11)2/h3-5H,6H2,1-2H3,(H,13,18). The van der Waals surface area contributed by atoms with Crippen molar-refractivity contribution >= 4 is 39.3 Å². The fourth-order valence-corrected chi connectivity index (χ4v) is 2.29. The predicted octanol–water partition coefficient (Wildman–Crippen LogP) is 2.01. The molecule has 0 unspecified atom stereocenters. The SMILES string of the molecule is Cc1cc(NC(=O)CSc2nnnn2C)ccc1Br. The van der Waals surface area contributed by atoms with Crippen molar-refractivity contribution in [2.75, 3.05) is 11.1 Å². The van der Waals surface area contributed by atoms with Crippen LogP contribution in [0.2, 0.25) is 0 Å². The van der Waals surface area contributed by atoms with E-state index < -0.39 is 0 Å². The van der Waals surface area contributed by atoms with Crippen molar-refractivity contribution in [2.24, 2.45) is 7.05 Å². The highest BCUT2D eigenvalue weighted by Gasteiger charge is 2.08. The van der Waals surface area contributed by atoms with E-state index in [2.05, 4.69) is 36.8 Å². The van der Waals surface area contributed by atoms with Crippen molar-refractivity contribution in [3.63, 3.8) is 0 Å². The Labute approximate surface area is 123 Å². The molecule has 100 valence electrons. The number of tetrazole rings is 1. The van der Waals surface area contributed by atoms with Gasteiger partial charge in [0.05, 0.1) is 5.75 Å². The topological polar surface area (TPSA) is 72.7 Å². The van der Waals surface area contributed by atoms with Crippen molar-refractivity contribution in [3.8, 4) is 0 Å². The Morgan fingerprint density at radius 2 is 2.32 bits per heavy atom. The summed E-state index contributed by atoms with van der Waals surface area (Å²) in [6.07, 6.45) is 0. The number of thioether (sulfide) groups is 1. The summed E-state index contributed by atoms with van der Waals surface area (Å²) in [6.45, 7) is 1.97. The quantitative estimate of drug-likeness (QED) is 0.861. The van der Waals surface area contributed by atoms with Gasteiger partial charge in [-0.05, 0) is 41.1 Å². The van der Waals surface area contributed by atoms with Gasteiger partial charge in [0.1, 0.15) is 0 Å². The van der Waals surface area contributed by atoms with Crippen molar-refractivity contribution in [2.45, 2.75) is 12.1 Å². The van der Waals surface area contributed by atoms with Crippen LogP contribution in [0.4, 0.5) is 5.69 Å². The van der Waals surface area contributed by atoms with E-state index in [1.54, 1.807) is 7.05 Å². The van der Waals surface area contributed by atoms with Crippen LogP contribution in [0.3, 0.4) is 0 Å². The minimum absolute atomic E-state index is 0.0882. The largest absolute Gasteiger partial charge is 0.325 e. The van der Waals surface area contributed by atoms with Crippen LogP contribution in [0.1, 0.15) is 5.56 Å². The molecule has 0 aliphatic rings. The molecule has 0 radical (unpaired) electrons. The molecule has 1 aromatic heterocycles. The average molecular weight is 342 g/mol. The Kier molecular flexibility index (Phi) is 4.54. The fourth-order valence-electron chi connectivity index (χ4n) is 1.39. The van der Waals surface area contributed by atoms with E-state index in [9.17, 15) is 4.79 Å². The molecule has 1 amide bonds. The number of carbonyl (C=O) groups is 1. The van der Waals surface area contributed by atoms with E-state index in [0.29, 0.717) is 5.16 Å². The number of aryl methyl sites for hydroxylation is 2. The average Bonchev–Trinajstić information content (AvgIpc) is 2.77. The molecule has 6 nitrogen and oxygen atoms in total. The van der Waals surface area contributed by atoms with Crippen LogP contribution < -0.4 is 5.32 Å². The molecule has 0 aliphatic heterocycles. The van der Waals surface area contributed by atoms with Crippen molar-refractivity contribution < 1.29 is 4.79 Å². The number of carbonyl (C=O) groups excluding carboxylic acids is 1. The van der Waals surface area contributed by atoms with Crippen LogP contribution in [0.25, 0.3) is 0 Å². The third-order valence-corrected chi connectivity index (χ3v) is 4.26. The third-order valence-electron chi connectivity index (χ3n) is 2.36. The monoisotopic (exact) mass is 341 g/mol. The van der Waals surface area contributed by atoms with Gasteiger partial charge in [-0.15, -0.1) is 5.10 Å². The minimum Gasteiger partial charge on any atom is -0.325 e. The number of rotatable bonds is 4. The molecule has 1 N–H and O–H groups in total. The van der Waals surface area contributed by atoms with Crippen LogP contribution in [-0.4, -0.2) is 31.9 Å². The smallest absolute Gasteiger partial charge is 0.234 e. The molecule has 0 fully saturated rings. The second-order valence-electron chi connectivity index (χ2n) is 3.89. The normalized spacial score (nSPS) is 10.5. The summed E-state index contributed by atoms with van der Waals surface area (Å²) in [5, 5.41) is 14.5.